The third-order valence-electron chi connectivity index (χ3n) is 4.38. The maximum atomic E-state index is 8.06. The highest BCUT2D eigenvalue weighted by Gasteiger charge is 2.23. The van der Waals surface area contributed by atoms with Crippen LogP contribution in [0.2, 0.25) is 0 Å². The van der Waals surface area contributed by atoms with Crippen LogP contribution in [0.1, 0.15) is 34.9 Å². The number of nitrogens with two attached hydrogens (primary N) is 1. The number of hydrogen-bond donors (Lipinski definition) is 2. The highest BCUT2D eigenvalue weighted by Crippen LogP contribution is 2.30. The lowest BCUT2D eigenvalue weighted by molar-refractivity contribution is 0.266. The summed E-state index contributed by atoms with van der Waals surface area (Å²) in [6, 6.07) is 4.24. The Labute approximate surface area is 125 Å². The van der Waals surface area contributed by atoms with Gasteiger partial charge in [-0.15, -0.1) is 0 Å². The van der Waals surface area contributed by atoms with Gasteiger partial charge in [0.05, 0.1) is 5.52 Å². The van der Waals surface area contributed by atoms with Gasteiger partial charge in [0.15, 0.2) is 0 Å². The number of benzene rings is 1. The lowest BCUT2D eigenvalue weighted by Gasteiger charge is -2.29. The van der Waals surface area contributed by atoms with Crippen molar-refractivity contribution in [1.82, 2.24) is 9.88 Å². The molecule has 1 aliphatic rings. The number of aromatic nitrogens is 1. The molecule has 0 amide bonds. The highest BCUT2D eigenvalue weighted by atomic mass is 15.1. The standard InChI is InChI=1S/C17H22N4/c1-4-21-6-5-13-12(9-21)16(17(18)19)15-11(3)7-10(2)8-14(15)20-13/h7-8H,4-6,9H2,1-3H3,(H3,18,19). The van der Waals surface area contributed by atoms with E-state index in [4.69, 9.17) is 16.1 Å². The van der Waals surface area contributed by atoms with Crippen molar-refractivity contribution in [2.24, 2.45) is 5.73 Å². The summed E-state index contributed by atoms with van der Waals surface area (Å²) < 4.78 is 0. The number of nitrogen functional groups attached to an aromatic ring is 1. The first-order valence-electron chi connectivity index (χ1n) is 7.50. The van der Waals surface area contributed by atoms with E-state index in [0.717, 1.165) is 59.3 Å². The van der Waals surface area contributed by atoms with Crippen LogP contribution in [-0.2, 0) is 13.0 Å². The van der Waals surface area contributed by atoms with Crippen molar-refractivity contribution < 1.29 is 0 Å². The van der Waals surface area contributed by atoms with Gasteiger partial charge in [0.25, 0.3) is 0 Å². The van der Waals surface area contributed by atoms with Crippen molar-refractivity contribution >= 4 is 16.7 Å². The number of pyridine rings is 1. The van der Waals surface area contributed by atoms with Crippen molar-refractivity contribution in [3.05, 3.63) is 40.1 Å². The van der Waals surface area contributed by atoms with E-state index in [1.807, 2.05) is 0 Å². The molecule has 0 unspecified atom stereocenters. The second-order valence-electron chi connectivity index (χ2n) is 5.92. The Balaban J connectivity index is 2.35. The Hall–Kier alpha value is -1.94. The number of fused-ring (bicyclic) bond motifs is 2. The van der Waals surface area contributed by atoms with Crippen molar-refractivity contribution in [3.8, 4) is 0 Å². The van der Waals surface area contributed by atoms with E-state index in [2.05, 4.69) is 37.8 Å². The molecule has 1 aromatic heterocycles. The zero-order valence-electron chi connectivity index (χ0n) is 13.0. The Bertz CT molecular complexity index is 733. The van der Waals surface area contributed by atoms with Gasteiger partial charge < -0.3 is 5.73 Å². The topological polar surface area (TPSA) is 66.0 Å². The largest absolute Gasteiger partial charge is 0.384 e. The van der Waals surface area contributed by atoms with Gasteiger partial charge in [-0.1, -0.05) is 13.0 Å². The van der Waals surface area contributed by atoms with Gasteiger partial charge >= 0.3 is 0 Å². The molecule has 0 spiro atoms. The molecule has 21 heavy (non-hydrogen) atoms. The normalized spacial score (nSPS) is 15.2. The lowest BCUT2D eigenvalue weighted by atomic mass is 9.92. The van der Waals surface area contributed by atoms with Gasteiger partial charge in [-0.3, -0.25) is 15.3 Å². The molecule has 2 aromatic rings. The summed E-state index contributed by atoms with van der Waals surface area (Å²) in [5.41, 5.74) is 12.4. The smallest absolute Gasteiger partial charge is 0.123 e. The molecule has 1 aliphatic heterocycles. The summed E-state index contributed by atoms with van der Waals surface area (Å²) >= 11 is 0. The first kappa shape index (κ1) is 14.0. The average molecular weight is 282 g/mol. The first-order chi connectivity index (χ1) is 10.0. The molecule has 0 atom stereocenters. The summed E-state index contributed by atoms with van der Waals surface area (Å²) in [6.07, 6.45) is 0.937. The fourth-order valence-corrected chi connectivity index (χ4v) is 3.38. The van der Waals surface area contributed by atoms with Crippen LogP contribution in [0.3, 0.4) is 0 Å². The van der Waals surface area contributed by atoms with E-state index in [1.165, 1.54) is 5.56 Å². The quantitative estimate of drug-likeness (QED) is 0.657. The van der Waals surface area contributed by atoms with E-state index in [1.54, 1.807) is 0 Å². The number of rotatable bonds is 2. The Morgan fingerprint density at radius 1 is 1.38 bits per heavy atom. The SMILES string of the molecule is CCN1CCc2nc3cc(C)cc(C)c3c(C(=N)N)c2C1. The molecular formula is C17H22N4. The Morgan fingerprint density at radius 2 is 2.14 bits per heavy atom. The van der Waals surface area contributed by atoms with E-state index in [9.17, 15) is 0 Å². The molecule has 4 heteroatoms. The minimum absolute atomic E-state index is 0.156. The summed E-state index contributed by atoms with van der Waals surface area (Å²) in [4.78, 5) is 7.25. The minimum Gasteiger partial charge on any atom is -0.384 e. The van der Waals surface area contributed by atoms with E-state index < -0.39 is 0 Å². The number of aryl methyl sites for hydroxylation is 2. The van der Waals surface area contributed by atoms with Crippen LogP contribution < -0.4 is 5.73 Å². The van der Waals surface area contributed by atoms with Crippen LogP contribution in [0.25, 0.3) is 10.9 Å². The third kappa shape index (κ3) is 2.29. The van der Waals surface area contributed by atoms with Crippen LogP contribution in [0.15, 0.2) is 12.1 Å². The van der Waals surface area contributed by atoms with E-state index in [0.29, 0.717) is 0 Å². The zero-order valence-corrected chi connectivity index (χ0v) is 13.0. The first-order valence-corrected chi connectivity index (χ1v) is 7.50. The number of nitrogens with zero attached hydrogens (tertiary/aromatic N) is 2. The molecule has 3 rings (SSSR count). The maximum Gasteiger partial charge on any atom is 0.123 e. The molecule has 0 saturated carbocycles. The van der Waals surface area contributed by atoms with Gasteiger partial charge in [-0.05, 0) is 43.1 Å². The molecule has 110 valence electrons. The van der Waals surface area contributed by atoms with Gasteiger partial charge in [0.1, 0.15) is 5.84 Å². The summed E-state index contributed by atoms with van der Waals surface area (Å²) in [6.45, 7) is 9.22. The summed E-state index contributed by atoms with van der Waals surface area (Å²) in [5.74, 6) is 0.156. The number of amidine groups is 1. The number of nitrogens with one attached hydrogen (secondary N) is 1. The molecule has 0 radical (unpaired) electrons. The fraction of sp³-hybridized carbons (Fsp3) is 0.412. The molecule has 1 aromatic carbocycles. The van der Waals surface area contributed by atoms with Crippen LogP contribution in [0.5, 0.6) is 0 Å². The maximum absolute atomic E-state index is 8.06. The van der Waals surface area contributed by atoms with Gasteiger partial charge in [-0.2, -0.15) is 0 Å². The van der Waals surface area contributed by atoms with Gasteiger partial charge in [-0.25, -0.2) is 0 Å². The lowest BCUT2D eigenvalue weighted by Crippen LogP contribution is -2.33. The number of hydrogen-bond acceptors (Lipinski definition) is 3. The molecule has 4 nitrogen and oxygen atoms in total. The molecular weight excluding hydrogens is 260 g/mol. The Kier molecular flexibility index (Phi) is 3.41. The zero-order chi connectivity index (χ0) is 15.1. The second-order valence-corrected chi connectivity index (χ2v) is 5.92. The van der Waals surface area contributed by atoms with E-state index >= 15 is 0 Å². The van der Waals surface area contributed by atoms with Gasteiger partial charge in [0.2, 0.25) is 0 Å². The Morgan fingerprint density at radius 3 is 2.81 bits per heavy atom. The van der Waals surface area contributed by atoms with Crippen LogP contribution in [-0.4, -0.2) is 28.8 Å². The molecule has 2 heterocycles. The summed E-state index contributed by atoms with van der Waals surface area (Å²) in [5, 5.41) is 9.11. The predicted octanol–water partition coefficient (Wildman–Crippen LogP) is 2.51. The second kappa shape index (κ2) is 5.11. The summed E-state index contributed by atoms with van der Waals surface area (Å²) in [7, 11) is 0. The van der Waals surface area contributed by atoms with Crippen LogP contribution in [0, 0.1) is 19.3 Å². The molecule has 3 N–H and O–H groups in total. The molecule has 0 saturated heterocycles. The molecule has 0 aliphatic carbocycles. The van der Waals surface area contributed by atoms with Crippen LogP contribution in [0.4, 0.5) is 0 Å². The average Bonchev–Trinajstić information content (AvgIpc) is 2.43. The molecule has 0 fully saturated rings. The van der Waals surface area contributed by atoms with Crippen molar-refractivity contribution in [3.63, 3.8) is 0 Å². The van der Waals surface area contributed by atoms with Gasteiger partial charge in [0, 0.05) is 36.2 Å². The van der Waals surface area contributed by atoms with Crippen molar-refractivity contribution in [1.29, 1.82) is 5.41 Å². The monoisotopic (exact) mass is 282 g/mol. The van der Waals surface area contributed by atoms with Crippen LogP contribution >= 0.6 is 0 Å². The molecule has 0 bridgehead atoms. The van der Waals surface area contributed by atoms with Crippen molar-refractivity contribution in [2.45, 2.75) is 33.7 Å². The fourth-order valence-electron chi connectivity index (χ4n) is 3.38. The van der Waals surface area contributed by atoms with Crippen molar-refractivity contribution in [2.75, 3.05) is 13.1 Å². The third-order valence-corrected chi connectivity index (χ3v) is 4.38. The van der Waals surface area contributed by atoms with E-state index in [-0.39, 0.29) is 5.84 Å². The highest BCUT2D eigenvalue weighted by molar-refractivity contribution is 6.09. The predicted molar refractivity (Wildman–Crippen MR) is 86.9 cm³/mol. The minimum atomic E-state index is 0.156. The number of likely N-dealkylation sites (N-methyl/N-ethyl adjacent to an activating group) is 1.